The number of hydrogen-bond donors (Lipinski definition) is 0. The third-order valence-electron chi connectivity index (χ3n) is 2.65. The van der Waals surface area contributed by atoms with Gasteiger partial charge in [0.2, 0.25) is 5.75 Å². The van der Waals surface area contributed by atoms with E-state index in [9.17, 15) is 4.79 Å². The Morgan fingerprint density at radius 1 is 1.20 bits per heavy atom. The van der Waals surface area contributed by atoms with Gasteiger partial charge in [-0.3, -0.25) is 0 Å². The van der Waals surface area contributed by atoms with Crippen molar-refractivity contribution in [2.75, 3.05) is 13.2 Å². The highest BCUT2D eigenvalue weighted by atomic mass is 16.5. The van der Waals surface area contributed by atoms with Gasteiger partial charge in [-0.05, 0) is 24.6 Å². The van der Waals surface area contributed by atoms with Gasteiger partial charge in [0.25, 0.3) is 0 Å². The molecule has 0 fully saturated rings. The molecule has 0 radical (unpaired) electrons. The fourth-order valence-electron chi connectivity index (χ4n) is 1.82. The molecular formula is C16H12O4. The Labute approximate surface area is 116 Å². The van der Waals surface area contributed by atoms with Crippen molar-refractivity contribution in [3.63, 3.8) is 0 Å². The SMILES string of the molecule is C#CCOc1ccc2c(C)cc(=O)oc2c1OCC#C. The highest BCUT2D eigenvalue weighted by Crippen LogP contribution is 2.36. The number of fused-ring (bicyclic) bond motifs is 1. The molecule has 1 aromatic heterocycles. The maximum atomic E-state index is 11.5. The van der Waals surface area contributed by atoms with Gasteiger partial charge >= 0.3 is 5.63 Å². The first-order valence-electron chi connectivity index (χ1n) is 5.87. The van der Waals surface area contributed by atoms with E-state index in [1.807, 2.05) is 6.92 Å². The second-order valence-electron chi connectivity index (χ2n) is 4.00. The molecule has 0 atom stereocenters. The van der Waals surface area contributed by atoms with Crippen molar-refractivity contribution in [1.29, 1.82) is 0 Å². The molecule has 0 aliphatic carbocycles. The fourth-order valence-corrected chi connectivity index (χ4v) is 1.82. The van der Waals surface area contributed by atoms with Gasteiger partial charge in [0.05, 0.1) is 0 Å². The lowest BCUT2D eigenvalue weighted by molar-refractivity contribution is 0.313. The first-order valence-corrected chi connectivity index (χ1v) is 5.87. The Morgan fingerprint density at radius 2 is 1.90 bits per heavy atom. The van der Waals surface area contributed by atoms with Gasteiger partial charge in [-0.2, -0.15) is 0 Å². The van der Waals surface area contributed by atoms with Crippen LogP contribution in [0.1, 0.15) is 5.56 Å². The van der Waals surface area contributed by atoms with Crippen molar-refractivity contribution in [2.24, 2.45) is 0 Å². The van der Waals surface area contributed by atoms with Crippen molar-refractivity contribution < 1.29 is 13.9 Å². The van der Waals surface area contributed by atoms with Gasteiger partial charge in [-0.15, -0.1) is 12.8 Å². The van der Waals surface area contributed by atoms with E-state index in [2.05, 4.69) is 11.8 Å². The summed E-state index contributed by atoms with van der Waals surface area (Å²) in [6.07, 6.45) is 10.4. The molecule has 2 aromatic rings. The van der Waals surface area contributed by atoms with Crippen LogP contribution in [0.15, 0.2) is 27.4 Å². The van der Waals surface area contributed by atoms with Crippen LogP contribution in [0.5, 0.6) is 11.5 Å². The zero-order valence-electron chi connectivity index (χ0n) is 10.9. The quantitative estimate of drug-likeness (QED) is 0.629. The number of rotatable bonds is 4. The lowest BCUT2D eigenvalue weighted by atomic mass is 10.1. The third-order valence-corrected chi connectivity index (χ3v) is 2.65. The van der Waals surface area contributed by atoms with Gasteiger partial charge in [0.15, 0.2) is 11.3 Å². The summed E-state index contributed by atoms with van der Waals surface area (Å²) in [6.45, 7) is 1.92. The topological polar surface area (TPSA) is 48.7 Å². The van der Waals surface area contributed by atoms with Crippen LogP contribution in [0.3, 0.4) is 0 Å². The summed E-state index contributed by atoms with van der Waals surface area (Å²) in [5, 5.41) is 0.754. The minimum absolute atomic E-state index is 0.0309. The van der Waals surface area contributed by atoms with Crippen LogP contribution in [0.4, 0.5) is 0 Å². The Hall–Kier alpha value is -2.85. The molecule has 4 heteroatoms. The minimum Gasteiger partial charge on any atom is -0.477 e. The summed E-state index contributed by atoms with van der Waals surface area (Å²) in [6, 6.07) is 4.90. The second kappa shape index (κ2) is 5.86. The monoisotopic (exact) mass is 268 g/mol. The summed E-state index contributed by atoms with van der Waals surface area (Å²) in [4.78, 5) is 11.5. The van der Waals surface area contributed by atoms with Gasteiger partial charge in [0, 0.05) is 11.5 Å². The van der Waals surface area contributed by atoms with Gasteiger partial charge in [0.1, 0.15) is 13.2 Å². The van der Waals surface area contributed by atoms with Crippen molar-refractivity contribution in [3.8, 4) is 36.2 Å². The molecule has 1 aromatic carbocycles. The summed E-state index contributed by atoms with van der Waals surface area (Å²) in [5.41, 5.74) is 0.625. The number of hydrogen-bond acceptors (Lipinski definition) is 4. The summed E-state index contributed by atoms with van der Waals surface area (Å²) in [5.74, 6) is 5.39. The van der Waals surface area contributed by atoms with Crippen molar-refractivity contribution in [3.05, 3.63) is 34.2 Å². The van der Waals surface area contributed by atoms with E-state index in [0.29, 0.717) is 11.3 Å². The van der Waals surface area contributed by atoms with Crippen molar-refractivity contribution in [2.45, 2.75) is 6.92 Å². The van der Waals surface area contributed by atoms with E-state index in [0.717, 1.165) is 10.9 Å². The Balaban J connectivity index is 2.66. The molecule has 20 heavy (non-hydrogen) atoms. The average molecular weight is 268 g/mol. The largest absolute Gasteiger partial charge is 0.477 e. The highest BCUT2D eigenvalue weighted by molar-refractivity contribution is 5.87. The molecule has 100 valence electrons. The molecular weight excluding hydrogens is 256 g/mol. The first kappa shape index (κ1) is 13.6. The van der Waals surface area contributed by atoms with E-state index in [1.165, 1.54) is 6.07 Å². The molecule has 2 rings (SSSR count). The number of benzene rings is 1. The summed E-state index contributed by atoms with van der Waals surface area (Å²) in [7, 11) is 0. The molecule has 0 saturated carbocycles. The average Bonchev–Trinajstić information content (AvgIpc) is 2.43. The molecule has 0 spiro atoms. The van der Waals surface area contributed by atoms with Crippen molar-refractivity contribution >= 4 is 11.0 Å². The second-order valence-corrected chi connectivity index (χ2v) is 4.00. The fraction of sp³-hybridized carbons (Fsp3) is 0.188. The van der Waals surface area contributed by atoms with Gasteiger partial charge < -0.3 is 13.9 Å². The molecule has 0 unspecified atom stereocenters. The van der Waals surface area contributed by atoms with Gasteiger partial charge in [-0.25, -0.2) is 4.79 Å². The van der Waals surface area contributed by atoms with E-state index >= 15 is 0 Å². The van der Waals surface area contributed by atoms with Gasteiger partial charge in [-0.1, -0.05) is 11.8 Å². The van der Waals surface area contributed by atoms with Crippen LogP contribution in [0, 0.1) is 31.6 Å². The Morgan fingerprint density at radius 3 is 2.60 bits per heavy atom. The minimum atomic E-state index is -0.463. The first-order chi connectivity index (χ1) is 9.67. The summed E-state index contributed by atoms with van der Waals surface area (Å²) < 4.78 is 16.0. The molecule has 0 aliphatic rings. The molecule has 0 amide bonds. The van der Waals surface area contributed by atoms with E-state index in [4.69, 9.17) is 26.7 Å². The smallest absolute Gasteiger partial charge is 0.336 e. The van der Waals surface area contributed by atoms with Crippen LogP contribution in [-0.4, -0.2) is 13.2 Å². The number of ether oxygens (including phenoxy) is 2. The third kappa shape index (κ3) is 2.60. The van der Waals surface area contributed by atoms with Crippen LogP contribution in [0.2, 0.25) is 0 Å². The van der Waals surface area contributed by atoms with E-state index in [-0.39, 0.29) is 19.0 Å². The predicted octanol–water partition coefficient (Wildman–Crippen LogP) is 2.13. The lowest BCUT2D eigenvalue weighted by Crippen LogP contribution is -2.04. The van der Waals surface area contributed by atoms with E-state index < -0.39 is 5.63 Å². The molecule has 1 heterocycles. The maximum Gasteiger partial charge on any atom is 0.336 e. The Bertz CT molecular complexity index is 772. The van der Waals surface area contributed by atoms with Crippen LogP contribution < -0.4 is 15.1 Å². The summed E-state index contributed by atoms with van der Waals surface area (Å²) >= 11 is 0. The van der Waals surface area contributed by atoms with Crippen LogP contribution >= 0.6 is 0 Å². The predicted molar refractivity (Wildman–Crippen MR) is 75.9 cm³/mol. The maximum absolute atomic E-state index is 11.5. The lowest BCUT2D eigenvalue weighted by Gasteiger charge is -2.12. The molecule has 0 saturated heterocycles. The number of aryl methyl sites for hydroxylation is 1. The zero-order chi connectivity index (χ0) is 14.5. The standard InChI is InChI=1S/C16H12O4/c1-4-8-18-13-7-6-12-11(3)10-14(17)20-15(12)16(13)19-9-5-2/h1-2,6-7,10H,8-9H2,3H3. The van der Waals surface area contributed by atoms with E-state index in [1.54, 1.807) is 12.1 Å². The molecule has 0 bridgehead atoms. The number of terminal acetylenes is 2. The van der Waals surface area contributed by atoms with Crippen molar-refractivity contribution in [1.82, 2.24) is 0 Å². The van der Waals surface area contributed by atoms with Crippen LogP contribution in [-0.2, 0) is 0 Å². The normalized spacial score (nSPS) is 9.75. The molecule has 4 nitrogen and oxygen atoms in total. The highest BCUT2D eigenvalue weighted by Gasteiger charge is 2.14. The van der Waals surface area contributed by atoms with Crippen LogP contribution in [0.25, 0.3) is 11.0 Å². The molecule has 0 N–H and O–H groups in total. The molecule has 0 aliphatic heterocycles. The zero-order valence-corrected chi connectivity index (χ0v) is 10.9. The Kier molecular flexibility index (Phi) is 3.98.